The van der Waals surface area contributed by atoms with E-state index in [2.05, 4.69) is 10.9 Å². The molecular weight excluding hydrogens is 260 g/mol. The maximum atomic E-state index is 11.7. The van der Waals surface area contributed by atoms with Crippen LogP contribution in [-0.2, 0) is 15.8 Å². The van der Waals surface area contributed by atoms with E-state index in [9.17, 15) is 15.0 Å². The summed E-state index contributed by atoms with van der Waals surface area (Å²) in [5, 5.41) is 19.4. The topological polar surface area (TPSA) is 106 Å². The molecule has 0 fully saturated rings. The molecule has 0 saturated carbocycles. The van der Waals surface area contributed by atoms with Gasteiger partial charge in [-0.2, -0.15) is 0 Å². The Bertz CT molecular complexity index is 618. The summed E-state index contributed by atoms with van der Waals surface area (Å²) in [6.45, 7) is 2.58. The van der Waals surface area contributed by atoms with E-state index in [1.807, 2.05) is 0 Å². The molecule has 0 aliphatic carbocycles. The van der Waals surface area contributed by atoms with Crippen LogP contribution in [0.3, 0.4) is 0 Å². The Morgan fingerprint density at radius 3 is 2.90 bits per heavy atom. The van der Waals surface area contributed by atoms with Gasteiger partial charge in [0, 0.05) is 5.56 Å². The van der Waals surface area contributed by atoms with E-state index >= 15 is 0 Å². The van der Waals surface area contributed by atoms with Crippen LogP contribution in [0.2, 0.25) is 0 Å². The van der Waals surface area contributed by atoms with Gasteiger partial charge in [-0.05, 0) is 25.8 Å². The van der Waals surface area contributed by atoms with Crippen LogP contribution in [0.25, 0.3) is 0 Å². The summed E-state index contributed by atoms with van der Waals surface area (Å²) in [5.41, 5.74) is 3.65. The fraction of sp³-hybridized carbons (Fsp3) is 0.429. The zero-order valence-corrected chi connectivity index (χ0v) is 11.3. The van der Waals surface area contributed by atoms with Crippen LogP contribution >= 0.6 is 0 Å². The number of aliphatic hydroxyl groups is 2. The molecule has 0 radical (unpaired) electrons. The second kappa shape index (κ2) is 4.47. The Balaban J connectivity index is 2.71. The number of rotatable bonds is 3. The number of nitrogens with zero attached hydrogens (tertiary/aromatic N) is 1. The molecule has 20 heavy (non-hydrogen) atoms. The van der Waals surface area contributed by atoms with Gasteiger partial charge in [0.1, 0.15) is 17.6 Å². The minimum absolute atomic E-state index is 0.0682. The van der Waals surface area contributed by atoms with E-state index in [0.29, 0.717) is 11.3 Å². The molecule has 1 aromatic heterocycles. The predicted octanol–water partition coefficient (Wildman–Crippen LogP) is -0.602. The molecule has 1 aromatic rings. The number of amides is 1. The summed E-state index contributed by atoms with van der Waals surface area (Å²) in [4.78, 5) is 15.8. The molecule has 106 valence electrons. The van der Waals surface area contributed by atoms with Crippen molar-refractivity contribution in [2.75, 3.05) is 13.2 Å². The second-order valence-electron chi connectivity index (χ2n) is 5.29. The highest BCUT2D eigenvalue weighted by Crippen LogP contribution is 2.41. The summed E-state index contributed by atoms with van der Waals surface area (Å²) in [7, 11) is 0. The third-order valence-corrected chi connectivity index (χ3v) is 3.61. The lowest BCUT2D eigenvalue weighted by Crippen LogP contribution is -2.40. The third-order valence-electron chi connectivity index (χ3n) is 3.61. The van der Waals surface area contributed by atoms with Crippen molar-refractivity contribution in [1.82, 2.24) is 4.98 Å². The third kappa shape index (κ3) is 1.92. The number of primary amides is 1. The Morgan fingerprint density at radius 1 is 1.75 bits per heavy atom. The first-order chi connectivity index (χ1) is 9.26. The summed E-state index contributed by atoms with van der Waals surface area (Å²) in [6, 6.07) is 1.50. The average molecular weight is 276 g/mol. The van der Waals surface area contributed by atoms with Gasteiger partial charge >= 0.3 is 0 Å². The van der Waals surface area contributed by atoms with Crippen LogP contribution < -0.4 is 10.5 Å². The quantitative estimate of drug-likeness (QED) is 0.639. The predicted molar refractivity (Wildman–Crippen MR) is 70.9 cm³/mol. The van der Waals surface area contributed by atoms with Crippen LogP contribution in [0.1, 0.15) is 30.8 Å². The van der Waals surface area contributed by atoms with Crippen molar-refractivity contribution in [1.29, 1.82) is 0 Å². The molecule has 1 aliphatic rings. The molecule has 0 unspecified atom stereocenters. The van der Waals surface area contributed by atoms with Gasteiger partial charge in [0.15, 0.2) is 11.4 Å². The zero-order chi connectivity index (χ0) is 15.1. The summed E-state index contributed by atoms with van der Waals surface area (Å²) < 4.78 is 5.45. The van der Waals surface area contributed by atoms with E-state index in [4.69, 9.17) is 16.9 Å². The van der Waals surface area contributed by atoms with Crippen LogP contribution in [0.5, 0.6) is 5.75 Å². The van der Waals surface area contributed by atoms with E-state index in [-0.39, 0.29) is 18.0 Å². The number of aromatic nitrogens is 1. The molecular formula is C14H16N2O4. The van der Waals surface area contributed by atoms with E-state index in [1.54, 1.807) is 6.92 Å². The first-order valence-corrected chi connectivity index (χ1v) is 6.05. The Morgan fingerprint density at radius 2 is 2.40 bits per heavy atom. The van der Waals surface area contributed by atoms with Gasteiger partial charge in [0.2, 0.25) is 5.91 Å². The molecule has 2 heterocycles. The highest BCUT2D eigenvalue weighted by atomic mass is 16.5. The van der Waals surface area contributed by atoms with Crippen molar-refractivity contribution in [2.24, 2.45) is 5.73 Å². The fourth-order valence-electron chi connectivity index (χ4n) is 2.04. The van der Waals surface area contributed by atoms with Crippen LogP contribution in [0, 0.1) is 12.3 Å². The molecule has 1 amide bonds. The van der Waals surface area contributed by atoms with Crippen molar-refractivity contribution >= 4 is 5.91 Å². The second-order valence-corrected chi connectivity index (χ2v) is 5.29. The van der Waals surface area contributed by atoms with Gasteiger partial charge in [-0.15, -0.1) is 6.42 Å². The minimum Gasteiger partial charge on any atom is -0.489 e. The van der Waals surface area contributed by atoms with Crippen molar-refractivity contribution in [2.45, 2.75) is 24.9 Å². The minimum atomic E-state index is -1.57. The van der Waals surface area contributed by atoms with E-state index in [1.165, 1.54) is 13.0 Å². The average Bonchev–Trinajstić information content (AvgIpc) is 2.77. The monoisotopic (exact) mass is 276 g/mol. The number of ether oxygens (including phenoxy) is 1. The van der Waals surface area contributed by atoms with Gasteiger partial charge in [0.25, 0.3) is 0 Å². The fourth-order valence-corrected chi connectivity index (χ4v) is 2.04. The smallest absolute Gasteiger partial charge is 0.231 e. The number of nitrogens with two attached hydrogens (primary N) is 1. The van der Waals surface area contributed by atoms with Gasteiger partial charge in [-0.1, -0.05) is 0 Å². The van der Waals surface area contributed by atoms with Crippen molar-refractivity contribution in [3.63, 3.8) is 0 Å². The highest BCUT2D eigenvalue weighted by Gasteiger charge is 2.44. The molecule has 6 nitrogen and oxygen atoms in total. The molecule has 4 N–H and O–H groups in total. The highest BCUT2D eigenvalue weighted by molar-refractivity contribution is 5.88. The molecule has 0 saturated heterocycles. The number of carbonyl (C=O) groups excluding carboxylic acids is 1. The largest absolute Gasteiger partial charge is 0.489 e. The number of terminal acetylenes is 1. The molecule has 2 atom stereocenters. The first kappa shape index (κ1) is 14.3. The van der Waals surface area contributed by atoms with Crippen molar-refractivity contribution in [3.05, 3.63) is 23.0 Å². The summed E-state index contributed by atoms with van der Waals surface area (Å²) in [5.74, 6) is 2.13. The Labute approximate surface area is 116 Å². The normalized spacial score (nSPS) is 23.4. The van der Waals surface area contributed by atoms with Crippen LogP contribution in [0.4, 0.5) is 0 Å². The summed E-state index contributed by atoms with van der Waals surface area (Å²) in [6.07, 6.45) is 5.39. The lowest BCUT2D eigenvalue weighted by atomic mass is 9.82. The Hall–Kier alpha value is -2.10. The molecule has 0 aromatic carbocycles. The summed E-state index contributed by atoms with van der Waals surface area (Å²) >= 11 is 0. The van der Waals surface area contributed by atoms with Crippen molar-refractivity contribution < 1.29 is 19.7 Å². The number of carbonyl (C=O) groups is 1. The van der Waals surface area contributed by atoms with Gasteiger partial charge in [0.05, 0.1) is 12.3 Å². The molecule has 0 spiro atoms. The standard InChI is InChI=1S/C14H16N2O4/c1-4-9-11-8(13(2,7-20-11)12(15)18)5-10(16-9)14(3,19)6-17/h1,5,17,19H,6-7H2,2-3H3,(H2,15,18)/t13-,14-/m0/s1. The zero-order valence-electron chi connectivity index (χ0n) is 11.3. The Kier molecular flexibility index (Phi) is 3.20. The van der Waals surface area contributed by atoms with Gasteiger partial charge in [-0.3, -0.25) is 4.79 Å². The number of aliphatic hydroxyl groups excluding tert-OH is 1. The van der Waals surface area contributed by atoms with E-state index in [0.717, 1.165) is 0 Å². The number of pyridine rings is 1. The number of hydrogen-bond donors (Lipinski definition) is 3. The van der Waals surface area contributed by atoms with Crippen LogP contribution in [0.15, 0.2) is 6.07 Å². The number of fused-ring (bicyclic) bond motifs is 1. The maximum absolute atomic E-state index is 11.7. The lowest BCUT2D eigenvalue weighted by molar-refractivity contribution is -0.123. The molecule has 2 rings (SSSR count). The van der Waals surface area contributed by atoms with Crippen LogP contribution in [-0.4, -0.2) is 34.3 Å². The molecule has 1 aliphatic heterocycles. The first-order valence-electron chi connectivity index (χ1n) is 6.05. The SMILES string of the molecule is C#Cc1nc([C@@](C)(O)CO)cc2c1OC[C@]2(C)C(N)=O. The van der Waals surface area contributed by atoms with Crippen molar-refractivity contribution in [3.8, 4) is 18.1 Å². The lowest BCUT2D eigenvalue weighted by Gasteiger charge is -2.23. The maximum Gasteiger partial charge on any atom is 0.231 e. The molecule has 6 heteroatoms. The number of hydrogen-bond acceptors (Lipinski definition) is 5. The van der Waals surface area contributed by atoms with E-state index < -0.39 is 23.5 Å². The molecule has 0 bridgehead atoms. The van der Waals surface area contributed by atoms with Gasteiger partial charge in [-0.25, -0.2) is 4.98 Å². The van der Waals surface area contributed by atoms with Gasteiger partial charge < -0.3 is 20.7 Å².